The van der Waals surface area contributed by atoms with Crippen LogP contribution >= 0.6 is 0 Å². The molecule has 4 aromatic rings. The third-order valence-electron chi connectivity index (χ3n) is 8.01. The molecule has 0 spiro atoms. The zero-order chi connectivity index (χ0) is 27.5. The van der Waals surface area contributed by atoms with E-state index in [-0.39, 0.29) is 12.0 Å². The summed E-state index contributed by atoms with van der Waals surface area (Å²) >= 11 is 0. The van der Waals surface area contributed by atoms with Crippen LogP contribution in [-0.4, -0.2) is 78.5 Å². The largest absolute Gasteiger partial charge is 0.433 e. The summed E-state index contributed by atoms with van der Waals surface area (Å²) in [6.45, 7) is 5.77. The fraction of sp³-hybridized carbons (Fsp3) is 0.414. The first-order chi connectivity index (χ1) is 19.5. The van der Waals surface area contributed by atoms with Crippen LogP contribution in [0.25, 0.3) is 22.7 Å². The highest BCUT2D eigenvalue weighted by Gasteiger charge is 2.32. The van der Waals surface area contributed by atoms with Gasteiger partial charge >= 0.3 is 7.05 Å². The predicted molar refractivity (Wildman–Crippen MR) is 155 cm³/mol. The Morgan fingerprint density at radius 2 is 1.77 bits per heavy atom. The van der Waals surface area contributed by atoms with Crippen molar-refractivity contribution < 1.29 is 9.82 Å². The van der Waals surface area contributed by atoms with Crippen molar-refractivity contribution in [2.45, 2.75) is 45.1 Å². The lowest BCUT2D eigenvalue weighted by Gasteiger charge is -2.38. The molecule has 0 atom stereocenters. The van der Waals surface area contributed by atoms with E-state index in [0.29, 0.717) is 11.7 Å². The molecule has 6 rings (SSSR count). The molecule has 0 saturated carbocycles. The third kappa shape index (κ3) is 5.71. The Balaban J connectivity index is 1.06. The number of hydrogen-bond acceptors (Lipinski definition) is 8. The van der Waals surface area contributed by atoms with Gasteiger partial charge in [0.1, 0.15) is 17.0 Å². The number of piperidine rings is 2. The van der Waals surface area contributed by atoms with Crippen LogP contribution in [0.4, 0.5) is 5.82 Å². The van der Waals surface area contributed by atoms with Gasteiger partial charge in [0, 0.05) is 50.2 Å². The number of carbonyl (C=O) groups excluding carboxylic acids is 1. The fourth-order valence-corrected chi connectivity index (χ4v) is 6.02. The molecule has 0 aliphatic carbocycles. The molecule has 6 heterocycles. The lowest BCUT2D eigenvalue weighted by atomic mass is 9.89. The molecule has 0 unspecified atom stereocenters. The zero-order valence-electron chi connectivity index (χ0n) is 22.9. The second-order valence-corrected chi connectivity index (χ2v) is 10.8. The number of nitrogens with one attached hydrogen (secondary N) is 1. The highest BCUT2D eigenvalue weighted by Crippen LogP contribution is 2.33. The van der Waals surface area contributed by atoms with Crippen LogP contribution in [0.1, 0.15) is 37.3 Å². The molecule has 1 amide bonds. The molecule has 0 radical (unpaired) electrons. The number of amides is 1. The van der Waals surface area contributed by atoms with E-state index in [1.807, 2.05) is 48.7 Å². The van der Waals surface area contributed by atoms with E-state index in [1.165, 1.54) is 0 Å². The topological polar surface area (TPSA) is 112 Å². The number of imidazole rings is 1. The molecule has 2 fully saturated rings. The van der Waals surface area contributed by atoms with Crippen LogP contribution in [0.5, 0.6) is 0 Å². The Hall–Kier alpha value is -3.83. The Morgan fingerprint density at radius 1 is 0.975 bits per heavy atom. The molecular formula is C29H35BN8O2. The first-order valence-corrected chi connectivity index (χ1v) is 14.2. The average Bonchev–Trinajstić information content (AvgIpc) is 3.37. The van der Waals surface area contributed by atoms with Gasteiger partial charge < -0.3 is 19.7 Å². The molecule has 10 nitrogen and oxygen atoms in total. The van der Waals surface area contributed by atoms with E-state index < -0.39 is 7.05 Å². The van der Waals surface area contributed by atoms with Gasteiger partial charge in [-0.05, 0) is 87.6 Å². The van der Waals surface area contributed by atoms with Crippen molar-refractivity contribution >= 4 is 29.9 Å². The van der Waals surface area contributed by atoms with Gasteiger partial charge in [-0.1, -0.05) is 6.07 Å². The summed E-state index contributed by atoms with van der Waals surface area (Å²) in [6.07, 6.45) is 8.87. The number of carbonyl (C=O) groups is 1. The molecule has 2 aliphatic heterocycles. The molecule has 2 saturated heterocycles. The third-order valence-corrected chi connectivity index (χ3v) is 8.01. The van der Waals surface area contributed by atoms with E-state index in [4.69, 9.17) is 4.98 Å². The van der Waals surface area contributed by atoms with Crippen LogP contribution in [0.15, 0.2) is 61.1 Å². The standard InChI is InChI=1S/C29H35BN8O2/c1-30(40)35-26-19-21(7-14-32-26)20-36-15-8-22(9-16-36)29(39)37-17-10-23(11-18-37)38-27-25(6-4-13-33-27)34-28(38)24-5-2-3-12-31-24/h2-7,12-14,19,22-23,40H,8-11,15-18,20H2,1H3,(H,32,35). The van der Waals surface area contributed by atoms with Gasteiger partial charge in [-0.2, -0.15) is 0 Å². The SMILES string of the molecule is CB(O)Nc1cc(CN2CCC(C(=O)N3CCC(n4c(-c5ccccn5)nc5cccnc54)CC3)CC2)ccn1. The van der Waals surface area contributed by atoms with Crippen molar-refractivity contribution in [2.75, 3.05) is 31.4 Å². The molecule has 2 N–H and O–H groups in total. The maximum Gasteiger partial charge on any atom is 0.408 e. The number of anilines is 1. The van der Waals surface area contributed by atoms with E-state index in [2.05, 4.69) is 34.5 Å². The molecule has 0 aromatic carbocycles. The van der Waals surface area contributed by atoms with Crippen LogP contribution in [0, 0.1) is 5.92 Å². The van der Waals surface area contributed by atoms with E-state index in [9.17, 15) is 9.82 Å². The van der Waals surface area contributed by atoms with Crippen molar-refractivity contribution in [3.05, 3.63) is 66.6 Å². The normalized spacial score (nSPS) is 17.3. The van der Waals surface area contributed by atoms with Gasteiger partial charge in [0.2, 0.25) is 5.91 Å². The van der Waals surface area contributed by atoms with Crippen LogP contribution in [-0.2, 0) is 11.3 Å². The summed E-state index contributed by atoms with van der Waals surface area (Å²) in [7, 11) is -0.645. The zero-order valence-corrected chi connectivity index (χ0v) is 22.9. The Bertz CT molecular complexity index is 1450. The Kier molecular flexibility index (Phi) is 7.74. The minimum absolute atomic E-state index is 0.0810. The molecule has 2 aliphatic rings. The Labute approximate surface area is 234 Å². The average molecular weight is 538 g/mol. The van der Waals surface area contributed by atoms with Crippen LogP contribution in [0.2, 0.25) is 6.82 Å². The molecule has 11 heteroatoms. The summed E-state index contributed by atoms with van der Waals surface area (Å²) in [4.78, 5) is 36.3. The van der Waals surface area contributed by atoms with Gasteiger partial charge in [-0.15, -0.1) is 0 Å². The van der Waals surface area contributed by atoms with E-state index >= 15 is 0 Å². The highest BCUT2D eigenvalue weighted by molar-refractivity contribution is 6.52. The number of pyridine rings is 3. The van der Waals surface area contributed by atoms with Crippen molar-refractivity contribution in [1.82, 2.24) is 34.3 Å². The van der Waals surface area contributed by atoms with Crippen molar-refractivity contribution in [3.8, 4) is 11.5 Å². The first kappa shape index (κ1) is 26.4. The fourth-order valence-electron chi connectivity index (χ4n) is 6.02. The first-order valence-electron chi connectivity index (χ1n) is 14.2. The van der Waals surface area contributed by atoms with Crippen molar-refractivity contribution in [2.24, 2.45) is 5.92 Å². The van der Waals surface area contributed by atoms with E-state index in [1.54, 1.807) is 19.2 Å². The van der Waals surface area contributed by atoms with Gasteiger partial charge in [0.05, 0.1) is 0 Å². The minimum Gasteiger partial charge on any atom is -0.433 e. The maximum atomic E-state index is 13.5. The van der Waals surface area contributed by atoms with Gasteiger partial charge in [0.15, 0.2) is 11.5 Å². The summed E-state index contributed by atoms with van der Waals surface area (Å²) in [6, 6.07) is 14.0. The summed E-state index contributed by atoms with van der Waals surface area (Å²) < 4.78 is 2.24. The van der Waals surface area contributed by atoms with Crippen molar-refractivity contribution in [3.63, 3.8) is 0 Å². The number of rotatable bonds is 7. The summed E-state index contributed by atoms with van der Waals surface area (Å²) in [5.41, 5.74) is 3.74. The van der Waals surface area contributed by atoms with Crippen LogP contribution < -0.4 is 5.23 Å². The predicted octanol–water partition coefficient (Wildman–Crippen LogP) is 3.49. The lowest BCUT2D eigenvalue weighted by molar-refractivity contribution is -0.138. The second kappa shape index (κ2) is 11.7. The monoisotopic (exact) mass is 538 g/mol. The van der Waals surface area contributed by atoms with E-state index in [0.717, 1.165) is 86.7 Å². The summed E-state index contributed by atoms with van der Waals surface area (Å²) in [5.74, 6) is 1.89. The Morgan fingerprint density at radius 3 is 2.52 bits per heavy atom. The van der Waals surface area contributed by atoms with Crippen LogP contribution in [0.3, 0.4) is 0 Å². The smallest absolute Gasteiger partial charge is 0.408 e. The lowest BCUT2D eigenvalue weighted by Crippen LogP contribution is -2.45. The van der Waals surface area contributed by atoms with Gasteiger partial charge in [-0.3, -0.25) is 14.7 Å². The molecule has 4 aromatic heterocycles. The number of hydrogen-bond donors (Lipinski definition) is 2. The molecule has 0 bridgehead atoms. The number of nitrogens with zero attached hydrogens (tertiary/aromatic N) is 7. The van der Waals surface area contributed by atoms with Gasteiger partial charge in [-0.25, -0.2) is 15.0 Å². The van der Waals surface area contributed by atoms with Crippen molar-refractivity contribution in [1.29, 1.82) is 0 Å². The highest BCUT2D eigenvalue weighted by atomic mass is 16.2. The quantitative estimate of drug-likeness (QED) is 0.344. The minimum atomic E-state index is -0.645. The molecule has 40 heavy (non-hydrogen) atoms. The maximum absolute atomic E-state index is 13.5. The molecular weight excluding hydrogens is 503 g/mol. The number of fused-ring (bicyclic) bond motifs is 1. The van der Waals surface area contributed by atoms with Gasteiger partial charge in [0.25, 0.3) is 0 Å². The number of aromatic nitrogens is 5. The number of likely N-dealkylation sites (tertiary alicyclic amines) is 2. The second-order valence-electron chi connectivity index (χ2n) is 10.8. The molecule has 206 valence electrons. The summed E-state index contributed by atoms with van der Waals surface area (Å²) in [5, 5.41) is 12.5.